The Morgan fingerprint density at radius 1 is 1.19 bits per heavy atom. The van der Waals surface area contributed by atoms with Crippen LogP contribution in [0, 0.1) is 0 Å². The van der Waals surface area contributed by atoms with Crippen LogP contribution in [0.2, 0.25) is 0 Å². The van der Waals surface area contributed by atoms with Crippen molar-refractivity contribution in [3.05, 3.63) is 30.3 Å². The van der Waals surface area contributed by atoms with Crippen molar-refractivity contribution in [1.29, 1.82) is 0 Å². The molecule has 1 rings (SSSR count). The van der Waals surface area contributed by atoms with E-state index in [2.05, 4.69) is 24.3 Å². The number of nitrogens with zero attached hydrogens (tertiary/aromatic N) is 1. The molecular weight excluding hydrogens is 218 g/mol. The highest BCUT2D eigenvalue weighted by atomic mass is 32.2. The smallest absolute Gasteiger partial charge is 0.222 e. The minimum atomic E-state index is 0.227. The first kappa shape index (κ1) is 13.1. The third kappa shape index (κ3) is 5.21. The number of unbranched alkanes of at least 4 members (excludes halogenated alkanes) is 1. The first-order valence-corrected chi connectivity index (χ1v) is 6.56. The number of hydrogen-bond donors (Lipinski definition) is 0. The Labute approximate surface area is 102 Å². The van der Waals surface area contributed by atoms with Gasteiger partial charge in [0.15, 0.2) is 0 Å². The van der Waals surface area contributed by atoms with E-state index in [0.717, 1.165) is 18.6 Å². The summed E-state index contributed by atoms with van der Waals surface area (Å²) in [5.41, 5.74) is 0. The summed E-state index contributed by atoms with van der Waals surface area (Å²) in [4.78, 5) is 14.3. The van der Waals surface area contributed by atoms with Crippen molar-refractivity contribution >= 4 is 17.7 Å². The zero-order valence-electron chi connectivity index (χ0n) is 9.98. The van der Waals surface area contributed by atoms with Crippen molar-refractivity contribution in [2.45, 2.75) is 24.2 Å². The van der Waals surface area contributed by atoms with Gasteiger partial charge in [-0.2, -0.15) is 0 Å². The number of rotatable bonds is 6. The monoisotopic (exact) mass is 237 g/mol. The fourth-order valence-electron chi connectivity index (χ4n) is 1.31. The Morgan fingerprint density at radius 2 is 1.88 bits per heavy atom. The predicted molar refractivity (Wildman–Crippen MR) is 69.7 cm³/mol. The van der Waals surface area contributed by atoms with Crippen LogP contribution in [0.15, 0.2) is 35.2 Å². The van der Waals surface area contributed by atoms with Crippen LogP contribution in [0.1, 0.15) is 19.3 Å². The van der Waals surface area contributed by atoms with Crippen molar-refractivity contribution in [2.24, 2.45) is 0 Å². The van der Waals surface area contributed by atoms with E-state index in [0.29, 0.717) is 6.42 Å². The Hall–Kier alpha value is -0.960. The maximum atomic E-state index is 11.3. The third-order valence-electron chi connectivity index (χ3n) is 2.30. The molecule has 0 saturated heterocycles. The maximum absolute atomic E-state index is 11.3. The largest absolute Gasteiger partial charge is 0.349 e. The second-order valence-corrected chi connectivity index (χ2v) is 5.08. The zero-order valence-corrected chi connectivity index (χ0v) is 10.8. The summed E-state index contributed by atoms with van der Waals surface area (Å²) in [6.07, 6.45) is 2.75. The maximum Gasteiger partial charge on any atom is 0.222 e. The van der Waals surface area contributed by atoms with Crippen LogP contribution in [-0.4, -0.2) is 30.7 Å². The van der Waals surface area contributed by atoms with Gasteiger partial charge in [0.25, 0.3) is 0 Å². The first-order chi connectivity index (χ1) is 7.70. The molecule has 0 N–H and O–H groups in total. The molecule has 1 aromatic carbocycles. The van der Waals surface area contributed by atoms with Crippen molar-refractivity contribution in [1.82, 2.24) is 4.90 Å². The molecule has 1 aromatic rings. The lowest BCUT2D eigenvalue weighted by Gasteiger charge is -2.09. The minimum absolute atomic E-state index is 0.227. The van der Waals surface area contributed by atoms with Gasteiger partial charge in [0.05, 0.1) is 0 Å². The summed E-state index contributed by atoms with van der Waals surface area (Å²) < 4.78 is 0. The average Bonchev–Trinajstić information content (AvgIpc) is 2.29. The van der Waals surface area contributed by atoms with Crippen LogP contribution in [0.3, 0.4) is 0 Å². The van der Waals surface area contributed by atoms with Crippen LogP contribution >= 0.6 is 11.8 Å². The second kappa shape index (κ2) is 7.34. The summed E-state index contributed by atoms with van der Waals surface area (Å²) in [5, 5.41) is 0. The molecule has 0 heterocycles. The summed E-state index contributed by atoms with van der Waals surface area (Å²) in [6.45, 7) is 0. The SMILES string of the molecule is CN(C)C(=O)CCCCSc1ccccc1. The van der Waals surface area contributed by atoms with Gasteiger partial charge in [-0.25, -0.2) is 0 Å². The lowest BCUT2D eigenvalue weighted by Crippen LogP contribution is -2.21. The van der Waals surface area contributed by atoms with Gasteiger partial charge in [0.1, 0.15) is 0 Å². The van der Waals surface area contributed by atoms with Crippen LogP contribution in [0.4, 0.5) is 0 Å². The van der Waals surface area contributed by atoms with Crippen molar-refractivity contribution in [3.63, 3.8) is 0 Å². The molecule has 0 bridgehead atoms. The molecule has 0 saturated carbocycles. The van der Waals surface area contributed by atoms with Gasteiger partial charge in [0.2, 0.25) is 5.91 Å². The van der Waals surface area contributed by atoms with E-state index >= 15 is 0 Å². The van der Waals surface area contributed by atoms with Gasteiger partial charge in [-0.1, -0.05) is 18.2 Å². The Bertz CT molecular complexity index is 311. The molecule has 0 atom stereocenters. The molecule has 0 unspecified atom stereocenters. The Kier molecular flexibility index (Phi) is 6.01. The topological polar surface area (TPSA) is 20.3 Å². The number of thioether (sulfide) groups is 1. The molecule has 0 radical (unpaired) electrons. The van der Waals surface area contributed by atoms with E-state index in [1.54, 1.807) is 19.0 Å². The van der Waals surface area contributed by atoms with Gasteiger partial charge in [-0.15, -0.1) is 11.8 Å². The molecule has 0 aliphatic rings. The molecule has 0 fully saturated rings. The van der Waals surface area contributed by atoms with Gasteiger partial charge < -0.3 is 4.90 Å². The standard InChI is InChI=1S/C13H19NOS/c1-14(2)13(15)10-6-7-11-16-12-8-4-3-5-9-12/h3-5,8-9H,6-7,10-11H2,1-2H3. The first-order valence-electron chi connectivity index (χ1n) is 5.58. The fraction of sp³-hybridized carbons (Fsp3) is 0.462. The Morgan fingerprint density at radius 3 is 2.50 bits per heavy atom. The summed E-state index contributed by atoms with van der Waals surface area (Å²) in [5.74, 6) is 1.31. The molecule has 16 heavy (non-hydrogen) atoms. The minimum Gasteiger partial charge on any atom is -0.349 e. The summed E-state index contributed by atoms with van der Waals surface area (Å²) >= 11 is 1.86. The molecule has 0 aliphatic carbocycles. The molecule has 3 heteroatoms. The van der Waals surface area contributed by atoms with E-state index in [9.17, 15) is 4.79 Å². The predicted octanol–water partition coefficient (Wildman–Crippen LogP) is 3.04. The molecule has 2 nitrogen and oxygen atoms in total. The fourth-order valence-corrected chi connectivity index (χ4v) is 2.24. The van der Waals surface area contributed by atoms with Crippen molar-refractivity contribution in [3.8, 4) is 0 Å². The third-order valence-corrected chi connectivity index (χ3v) is 3.39. The van der Waals surface area contributed by atoms with Crippen LogP contribution < -0.4 is 0 Å². The molecular formula is C13H19NOS. The van der Waals surface area contributed by atoms with Crippen LogP contribution in [-0.2, 0) is 4.79 Å². The molecule has 88 valence electrons. The highest BCUT2D eigenvalue weighted by molar-refractivity contribution is 7.99. The van der Waals surface area contributed by atoms with E-state index in [1.165, 1.54) is 4.90 Å². The molecule has 0 aliphatic heterocycles. The lowest BCUT2D eigenvalue weighted by atomic mass is 10.2. The quantitative estimate of drug-likeness (QED) is 0.560. The van der Waals surface area contributed by atoms with Crippen molar-refractivity contribution in [2.75, 3.05) is 19.8 Å². The molecule has 0 spiro atoms. The number of carbonyl (C=O) groups excluding carboxylic acids is 1. The summed E-state index contributed by atoms with van der Waals surface area (Å²) in [6, 6.07) is 10.4. The van der Waals surface area contributed by atoms with Crippen LogP contribution in [0.25, 0.3) is 0 Å². The van der Waals surface area contributed by atoms with E-state index in [1.807, 2.05) is 17.8 Å². The zero-order chi connectivity index (χ0) is 11.8. The highest BCUT2D eigenvalue weighted by Crippen LogP contribution is 2.18. The number of amides is 1. The normalized spacial score (nSPS) is 10.1. The number of hydrogen-bond acceptors (Lipinski definition) is 2. The number of carbonyl (C=O) groups is 1. The van der Waals surface area contributed by atoms with Gasteiger partial charge in [-0.05, 0) is 30.7 Å². The van der Waals surface area contributed by atoms with Crippen LogP contribution in [0.5, 0.6) is 0 Å². The van der Waals surface area contributed by atoms with E-state index in [4.69, 9.17) is 0 Å². The molecule has 1 amide bonds. The van der Waals surface area contributed by atoms with Gasteiger partial charge >= 0.3 is 0 Å². The second-order valence-electron chi connectivity index (χ2n) is 3.91. The Balaban J connectivity index is 2.07. The van der Waals surface area contributed by atoms with E-state index in [-0.39, 0.29) is 5.91 Å². The molecule has 0 aromatic heterocycles. The summed E-state index contributed by atoms with van der Waals surface area (Å²) in [7, 11) is 3.61. The number of benzene rings is 1. The van der Waals surface area contributed by atoms with Crippen molar-refractivity contribution < 1.29 is 4.79 Å². The highest BCUT2D eigenvalue weighted by Gasteiger charge is 2.02. The average molecular weight is 237 g/mol. The van der Waals surface area contributed by atoms with Gasteiger partial charge in [0, 0.05) is 25.4 Å². The van der Waals surface area contributed by atoms with E-state index < -0.39 is 0 Å². The lowest BCUT2D eigenvalue weighted by molar-refractivity contribution is -0.128. The van der Waals surface area contributed by atoms with Gasteiger partial charge in [-0.3, -0.25) is 4.79 Å².